The van der Waals surface area contributed by atoms with Gasteiger partial charge >= 0.3 is 18.1 Å². The maximum atomic E-state index is 11.2. The Morgan fingerprint density at radius 2 is 1.62 bits per heavy atom. The zero-order chi connectivity index (χ0) is 12.6. The minimum atomic E-state index is -5.09. The number of nitrogens with zero attached hydrogens (tertiary/aromatic N) is 1. The molecule has 0 bridgehead atoms. The van der Waals surface area contributed by atoms with Gasteiger partial charge in [-0.25, -0.2) is 4.79 Å². The van der Waals surface area contributed by atoms with Gasteiger partial charge in [0.1, 0.15) is 0 Å². The summed E-state index contributed by atoms with van der Waals surface area (Å²) in [7, 11) is 0. The second-order valence-electron chi connectivity index (χ2n) is 2.40. The number of pyridine rings is 1. The van der Waals surface area contributed by atoms with Gasteiger partial charge in [-0.2, -0.15) is 13.2 Å². The van der Waals surface area contributed by atoms with Crippen molar-refractivity contribution in [1.29, 1.82) is 0 Å². The van der Waals surface area contributed by atoms with Crippen LogP contribution in [0, 0.1) is 0 Å². The molecule has 7 heteroatoms. The predicted octanol–water partition coefficient (Wildman–Crippen LogP) is 1.72. The third-order valence-corrected chi connectivity index (χ3v) is 1.03. The summed E-state index contributed by atoms with van der Waals surface area (Å²) in [5.41, 5.74) is 0. The molecule has 1 aromatic heterocycles. The number of aromatic nitrogens is 1. The Kier molecular flexibility index (Phi) is 5.76. The van der Waals surface area contributed by atoms with Crippen LogP contribution in [0.3, 0.4) is 0 Å². The van der Waals surface area contributed by atoms with Crippen molar-refractivity contribution in [3.05, 3.63) is 30.6 Å². The molecule has 1 heterocycles. The first-order valence-electron chi connectivity index (χ1n) is 3.98. The highest BCUT2D eigenvalue weighted by molar-refractivity contribution is 5.87. The van der Waals surface area contributed by atoms with Gasteiger partial charge in [0.25, 0.3) is 0 Å². The number of rotatable bonds is 0. The third kappa shape index (κ3) is 7.48. The second-order valence-corrected chi connectivity index (χ2v) is 2.40. The van der Waals surface area contributed by atoms with Crippen molar-refractivity contribution in [3.8, 4) is 0 Å². The van der Waals surface area contributed by atoms with Crippen LogP contribution in [0.25, 0.3) is 0 Å². The van der Waals surface area contributed by atoms with Crippen molar-refractivity contribution in [1.82, 2.24) is 4.98 Å². The van der Waals surface area contributed by atoms with E-state index in [0.717, 1.165) is 0 Å². The van der Waals surface area contributed by atoms with Gasteiger partial charge in [-0.3, -0.25) is 9.78 Å². The van der Waals surface area contributed by atoms with E-state index in [9.17, 15) is 22.8 Å². The van der Waals surface area contributed by atoms with Gasteiger partial charge in [-0.1, -0.05) is 6.07 Å². The number of carbonyl (C=O) groups excluding carboxylic acids is 2. The summed E-state index contributed by atoms with van der Waals surface area (Å²) in [6, 6.07) is 5.72. The maximum absolute atomic E-state index is 11.2. The van der Waals surface area contributed by atoms with E-state index in [1.807, 2.05) is 18.2 Å². The fourth-order valence-corrected chi connectivity index (χ4v) is 0.501. The number of esters is 2. The molecule has 0 saturated carbocycles. The van der Waals surface area contributed by atoms with Gasteiger partial charge in [-0.05, 0) is 12.1 Å². The first-order valence-corrected chi connectivity index (χ1v) is 3.98. The Hall–Kier alpha value is -1.92. The monoisotopic (exact) mass is 235 g/mol. The fourth-order valence-electron chi connectivity index (χ4n) is 0.501. The van der Waals surface area contributed by atoms with E-state index >= 15 is 0 Å². The van der Waals surface area contributed by atoms with Crippen LogP contribution in [0.5, 0.6) is 0 Å². The van der Waals surface area contributed by atoms with E-state index in [-0.39, 0.29) is 0 Å². The molecular formula is C9H8F3NO3. The van der Waals surface area contributed by atoms with Gasteiger partial charge in [0, 0.05) is 19.3 Å². The van der Waals surface area contributed by atoms with Gasteiger partial charge in [0.05, 0.1) is 0 Å². The van der Waals surface area contributed by atoms with E-state index in [2.05, 4.69) is 9.72 Å². The van der Waals surface area contributed by atoms with Crippen molar-refractivity contribution in [3.63, 3.8) is 0 Å². The summed E-state index contributed by atoms with van der Waals surface area (Å²) in [5.74, 6) is -3.76. The highest BCUT2D eigenvalue weighted by Gasteiger charge is 2.41. The van der Waals surface area contributed by atoms with E-state index < -0.39 is 18.1 Å². The van der Waals surface area contributed by atoms with Crippen molar-refractivity contribution in [2.45, 2.75) is 13.1 Å². The molecule has 0 aromatic carbocycles. The second kappa shape index (κ2) is 6.54. The Morgan fingerprint density at radius 3 is 1.75 bits per heavy atom. The molecular weight excluding hydrogens is 227 g/mol. The summed E-state index contributed by atoms with van der Waals surface area (Å²) in [6.45, 7) is 0.712. The molecule has 0 aliphatic carbocycles. The smallest absolute Gasteiger partial charge is 0.387 e. The molecule has 0 N–H and O–H groups in total. The molecule has 0 unspecified atom stereocenters. The van der Waals surface area contributed by atoms with E-state index in [1.165, 1.54) is 0 Å². The number of hydrogen-bond acceptors (Lipinski definition) is 4. The standard InChI is InChI=1S/C5H5N.C4H3F3O3/c1-2-4-6-5-3-1;1-2(8)10-3(9)4(5,6)7/h1-5H;1H3. The molecule has 1 rings (SSSR count). The van der Waals surface area contributed by atoms with E-state index in [4.69, 9.17) is 0 Å². The molecule has 88 valence electrons. The third-order valence-electron chi connectivity index (χ3n) is 1.03. The first kappa shape index (κ1) is 14.1. The van der Waals surface area contributed by atoms with Crippen molar-refractivity contribution in [2.75, 3.05) is 0 Å². The quantitative estimate of drug-likeness (QED) is 0.507. The van der Waals surface area contributed by atoms with Crippen LogP contribution in [0.15, 0.2) is 30.6 Å². The lowest BCUT2D eigenvalue weighted by molar-refractivity contribution is -0.201. The van der Waals surface area contributed by atoms with Crippen molar-refractivity contribution >= 4 is 11.9 Å². The maximum Gasteiger partial charge on any atom is 0.491 e. The molecule has 0 radical (unpaired) electrons. The first-order chi connectivity index (χ1) is 7.34. The fraction of sp³-hybridized carbons (Fsp3) is 0.222. The summed E-state index contributed by atoms with van der Waals surface area (Å²) in [6.07, 6.45) is -1.59. The number of ether oxygens (including phenoxy) is 1. The largest absolute Gasteiger partial charge is 0.491 e. The van der Waals surface area contributed by atoms with E-state index in [1.54, 1.807) is 12.4 Å². The Morgan fingerprint density at radius 1 is 1.12 bits per heavy atom. The van der Waals surface area contributed by atoms with Crippen LogP contribution in [-0.2, 0) is 14.3 Å². The highest BCUT2D eigenvalue weighted by atomic mass is 19.4. The molecule has 0 aliphatic heterocycles. The number of hydrogen-bond donors (Lipinski definition) is 0. The summed E-state index contributed by atoms with van der Waals surface area (Å²) < 4.78 is 36.8. The summed E-state index contributed by atoms with van der Waals surface area (Å²) >= 11 is 0. The lowest BCUT2D eigenvalue weighted by Crippen LogP contribution is -2.26. The number of carbonyl (C=O) groups is 2. The molecule has 0 spiro atoms. The topological polar surface area (TPSA) is 56.3 Å². The Labute approximate surface area is 89.0 Å². The van der Waals surface area contributed by atoms with Gasteiger partial charge in [0.2, 0.25) is 0 Å². The highest BCUT2D eigenvalue weighted by Crippen LogP contribution is 2.16. The zero-order valence-corrected chi connectivity index (χ0v) is 8.19. The molecule has 0 amide bonds. The lowest BCUT2D eigenvalue weighted by atomic mass is 10.5. The minimum absolute atomic E-state index is 0.712. The van der Waals surface area contributed by atoms with Gasteiger partial charge < -0.3 is 4.74 Å². The van der Waals surface area contributed by atoms with Gasteiger partial charge in [-0.15, -0.1) is 0 Å². The van der Waals surface area contributed by atoms with Crippen LogP contribution in [0.2, 0.25) is 0 Å². The van der Waals surface area contributed by atoms with Crippen molar-refractivity contribution < 1.29 is 27.5 Å². The molecule has 0 atom stereocenters. The molecule has 16 heavy (non-hydrogen) atoms. The number of alkyl halides is 3. The molecule has 1 aromatic rings. The average Bonchev–Trinajstić information content (AvgIpc) is 2.19. The summed E-state index contributed by atoms with van der Waals surface area (Å²) in [5, 5.41) is 0. The molecule has 0 saturated heterocycles. The average molecular weight is 235 g/mol. The van der Waals surface area contributed by atoms with Crippen LogP contribution >= 0.6 is 0 Å². The van der Waals surface area contributed by atoms with Crippen LogP contribution in [0.4, 0.5) is 13.2 Å². The van der Waals surface area contributed by atoms with Crippen LogP contribution in [0.1, 0.15) is 6.92 Å². The van der Waals surface area contributed by atoms with Crippen molar-refractivity contribution in [2.24, 2.45) is 0 Å². The molecule has 0 aliphatic rings. The SMILES string of the molecule is CC(=O)OC(=O)C(F)(F)F.c1ccncc1. The minimum Gasteiger partial charge on any atom is -0.387 e. The van der Waals surface area contributed by atoms with Gasteiger partial charge in [0.15, 0.2) is 0 Å². The van der Waals surface area contributed by atoms with Crippen LogP contribution < -0.4 is 0 Å². The molecule has 0 fully saturated rings. The molecule has 4 nitrogen and oxygen atoms in total. The van der Waals surface area contributed by atoms with Crippen LogP contribution in [-0.4, -0.2) is 23.1 Å². The normalized spacial score (nSPS) is 9.75. The lowest BCUT2D eigenvalue weighted by Gasteiger charge is -2.01. The summed E-state index contributed by atoms with van der Waals surface area (Å²) in [4.78, 5) is 23.2. The van der Waals surface area contributed by atoms with E-state index in [0.29, 0.717) is 6.92 Å². The predicted molar refractivity (Wildman–Crippen MR) is 47.1 cm³/mol. The Balaban J connectivity index is 0.000000315. The number of halogens is 3. The Bertz CT molecular complexity index is 311. The zero-order valence-electron chi connectivity index (χ0n) is 8.19.